The number of nitrogens with zero attached hydrogens (tertiary/aromatic N) is 5. The highest BCUT2D eigenvalue weighted by Crippen LogP contribution is 2.45. The van der Waals surface area contributed by atoms with Crippen LogP contribution in [0.2, 0.25) is 0 Å². The van der Waals surface area contributed by atoms with Crippen LogP contribution in [-0.4, -0.2) is 56.1 Å². The number of aromatic nitrogens is 4. The number of aliphatic carboxylic acids is 1. The lowest BCUT2D eigenvalue weighted by atomic mass is 9.86. The van der Waals surface area contributed by atoms with Crippen LogP contribution >= 0.6 is 0 Å². The topological polar surface area (TPSA) is 116 Å². The number of piperidine rings is 1. The largest absolute Gasteiger partial charge is 0.490 e. The zero-order valence-corrected chi connectivity index (χ0v) is 25.6. The molecule has 10 nitrogen and oxygen atoms in total. The quantitative estimate of drug-likeness (QED) is 0.276. The molecule has 5 heterocycles. The molecule has 11 heteroatoms. The third-order valence-electron chi connectivity index (χ3n) is 8.33. The smallest absolute Gasteiger partial charge is 0.337 e. The number of rotatable bonds is 6. The number of carbonyl (C=O) groups is 1. The van der Waals surface area contributed by atoms with Crippen LogP contribution in [0.25, 0.3) is 33.7 Å². The number of carboxylic acids is 1. The molecule has 4 aromatic rings. The van der Waals surface area contributed by atoms with Gasteiger partial charge in [0, 0.05) is 47.9 Å². The summed E-state index contributed by atoms with van der Waals surface area (Å²) in [5.41, 5.74) is 4.04. The predicted octanol–water partition coefficient (Wildman–Crippen LogP) is 6.30. The fourth-order valence-corrected chi connectivity index (χ4v) is 6.31. The Labute approximate surface area is 249 Å². The summed E-state index contributed by atoms with van der Waals surface area (Å²) in [6.45, 7) is 11.3. The molecule has 0 amide bonds. The summed E-state index contributed by atoms with van der Waals surface area (Å²) in [4.78, 5) is 19.8. The Morgan fingerprint density at radius 2 is 1.86 bits per heavy atom. The molecule has 228 valence electrons. The molecular weight excluding hydrogens is 553 g/mol. The Balaban J connectivity index is 1.62. The van der Waals surface area contributed by atoms with Crippen LogP contribution in [0, 0.1) is 19.7 Å². The first-order valence-electron chi connectivity index (χ1n) is 14.9. The number of halogens is 1. The molecule has 1 saturated heterocycles. The van der Waals surface area contributed by atoms with Gasteiger partial charge < -0.3 is 28.5 Å². The van der Waals surface area contributed by atoms with E-state index in [4.69, 9.17) is 18.9 Å². The van der Waals surface area contributed by atoms with Gasteiger partial charge in [-0.2, -0.15) is 0 Å². The fourth-order valence-electron chi connectivity index (χ4n) is 6.31. The molecule has 2 aliphatic heterocycles. The van der Waals surface area contributed by atoms with Gasteiger partial charge in [-0.05, 0) is 90.0 Å². The molecule has 0 saturated carbocycles. The van der Waals surface area contributed by atoms with E-state index in [1.54, 1.807) is 27.7 Å². The van der Waals surface area contributed by atoms with Crippen molar-refractivity contribution in [1.29, 1.82) is 0 Å². The molecule has 2 aliphatic rings. The molecule has 0 spiro atoms. The molecule has 3 aromatic heterocycles. The summed E-state index contributed by atoms with van der Waals surface area (Å²) in [6.07, 6.45) is 3.41. The van der Waals surface area contributed by atoms with Crippen LogP contribution < -0.4 is 9.64 Å². The molecule has 43 heavy (non-hydrogen) atoms. The second-order valence-corrected chi connectivity index (χ2v) is 12.5. The van der Waals surface area contributed by atoms with Gasteiger partial charge >= 0.3 is 12.0 Å². The van der Waals surface area contributed by atoms with Crippen molar-refractivity contribution < 1.29 is 28.2 Å². The van der Waals surface area contributed by atoms with E-state index in [0.29, 0.717) is 64.0 Å². The highest BCUT2D eigenvalue weighted by Gasteiger charge is 2.35. The van der Waals surface area contributed by atoms with Gasteiger partial charge in [0.2, 0.25) is 0 Å². The van der Waals surface area contributed by atoms with Crippen molar-refractivity contribution in [2.75, 3.05) is 24.6 Å². The van der Waals surface area contributed by atoms with Gasteiger partial charge in [-0.1, -0.05) is 5.10 Å². The first-order chi connectivity index (χ1) is 20.4. The summed E-state index contributed by atoms with van der Waals surface area (Å²) in [5, 5.41) is 19.8. The number of fused-ring (bicyclic) bond motifs is 2. The van der Waals surface area contributed by atoms with Crippen molar-refractivity contribution in [2.45, 2.75) is 78.4 Å². The molecule has 0 aliphatic carbocycles. The van der Waals surface area contributed by atoms with Gasteiger partial charge in [-0.3, -0.25) is 0 Å². The van der Waals surface area contributed by atoms with Gasteiger partial charge in [0.25, 0.3) is 5.89 Å². The Morgan fingerprint density at radius 3 is 2.56 bits per heavy atom. The van der Waals surface area contributed by atoms with Crippen molar-refractivity contribution in [1.82, 2.24) is 19.7 Å². The van der Waals surface area contributed by atoms with Gasteiger partial charge in [-0.15, -0.1) is 5.10 Å². The van der Waals surface area contributed by atoms with Gasteiger partial charge in [0.1, 0.15) is 11.3 Å². The lowest BCUT2D eigenvalue weighted by molar-refractivity contribution is -0.160. The van der Waals surface area contributed by atoms with Crippen LogP contribution in [0.3, 0.4) is 0 Å². The van der Waals surface area contributed by atoms with Crippen LogP contribution in [0.1, 0.15) is 74.9 Å². The lowest BCUT2D eigenvalue weighted by Crippen LogP contribution is -2.29. The number of ether oxygens (including phenoxy) is 2. The van der Waals surface area contributed by atoms with E-state index < -0.39 is 23.5 Å². The number of carboxylic acid groups (broad SMARTS) is 1. The van der Waals surface area contributed by atoms with E-state index in [9.17, 15) is 9.90 Å². The highest BCUT2D eigenvalue weighted by atomic mass is 19.1. The molecule has 1 atom stereocenters. The van der Waals surface area contributed by atoms with E-state index >= 15 is 4.39 Å². The average molecular weight is 592 g/mol. The number of anilines is 1. The van der Waals surface area contributed by atoms with E-state index in [1.807, 2.05) is 24.6 Å². The second kappa shape index (κ2) is 10.9. The van der Waals surface area contributed by atoms with Crippen LogP contribution in [0.15, 0.2) is 16.5 Å². The Bertz CT molecular complexity index is 1710. The minimum atomic E-state index is -1.35. The SMILES string of the molecule is Cc1nc2c(cc(-c3nnc(N4CCCCC4)o3)n2C)c(-c2cc(F)c3c(c2C)CCCO3)c1[C@H](OC(C)(C)C)C(=O)O. The molecule has 1 N–H and O–H groups in total. The molecular formula is C32H38FN5O5. The number of hydrogen-bond acceptors (Lipinski definition) is 8. The summed E-state index contributed by atoms with van der Waals surface area (Å²) in [7, 11) is 1.85. The number of pyridine rings is 1. The minimum absolute atomic E-state index is 0.265. The molecule has 1 aromatic carbocycles. The first kappa shape index (κ1) is 29.1. The third kappa shape index (κ3) is 5.24. The van der Waals surface area contributed by atoms with Gasteiger partial charge in [0.05, 0.1) is 12.2 Å². The van der Waals surface area contributed by atoms with Crippen molar-refractivity contribution in [3.8, 4) is 28.5 Å². The van der Waals surface area contributed by atoms with E-state index in [0.717, 1.165) is 43.5 Å². The van der Waals surface area contributed by atoms with Crippen LogP contribution in [0.5, 0.6) is 5.75 Å². The predicted molar refractivity (Wildman–Crippen MR) is 160 cm³/mol. The van der Waals surface area contributed by atoms with Crippen molar-refractivity contribution in [3.63, 3.8) is 0 Å². The van der Waals surface area contributed by atoms with E-state index in [2.05, 4.69) is 15.1 Å². The highest BCUT2D eigenvalue weighted by molar-refractivity contribution is 6.01. The average Bonchev–Trinajstić information content (AvgIpc) is 3.58. The molecule has 0 bridgehead atoms. The number of aryl methyl sites for hydroxylation is 2. The molecule has 6 rings (SSSR count). The maximum absolute atomic E-state index is 15.7. The molecule has 1 fully saturated rings. The number of benzene rings is 1. The minimum Gasteiger partial charge on any atom is -0.490 e. The first-order valence-corrected chi connectivity index (χ1v) is 14.9. The fraction of sp³-hybridized carbons (Fsp3) is 0.500. The van der Waals surface area contributed by atoms with Crippen LogP contribution in [0.4, 0.5) is 10.4 Å². The summed E-state index contributed by atoms with van der Waals surface area (Å²) >= 11 is 0. The van der Waals surface area contributed by atoms with Crippen molar-refractivity contribution >= 4 is 23.0 Å². The number of hydrogen-bond donors (Lipinski definition) is 1. The standard InChI is InChI=1S/C32H38FN5O5/c1-17-19-11-10-14-41-26(19)22(33)15-20(17)25-21-16-23(29-35-36-31(42-29)38-12-8-7-9-13-38)37(6)28(21)34-18(2)24(25)27(30(39)40)43-32(3,4)5/h15-16,27H,7-14H2,1-6H3,(H,39,40)/t27-/m0/s1. The summed E-state index contributed by atoms with van der Waals surface area (Å²) in [6, 6.07) is 3.79. The van der Waals surface area contributed by atoms with Crippen molar-refractivity contribution in [2.24, 2.45) is 7.05 Å². The second-order valence-electron chi connectivity index (χ2n) is 12.5. The zero-order valence-electron chi connectivity index (χ0n) is 25.6. The summed E-state index contributed by atoms with van der Waals surface area (Å²) in [5.74, 6) is -1.04. The lowest BCUT2D eigenvalue weighted by Gasteiger charge is -2.29. The maximum atomic E-state index is 15.7. The van der Waals surface area contributed by atoms with Crippen LogP contribution in [-0.2, 0) is 23.0 Å². The Kier molecular flexibility index (Phi) is 7.40. The van der Waals surface area contributed by atoms with Crippen molar-refractivity contribution in [3.05, 3.63) is 40.3 Å². The maximum Gasteiger partial charge on any atom is 0.337 e. The monoisotopic (exact) mass is 591 g/mol. The summed E-state index contributed by atoms with van der Waals surface area (Å²) < 4.78 is 35.5. The van der Waals surface area contributed by atoms with Gasteiger partial charge in [-0.25, -0.2) is 14.2 Å². The molecule has 0 unspecified atom stereocenters. The van der Waals surface area contributed by atoms with E-state index in [1.165, 1.54) is 12.5 Å². The molecule has 0 radical (unpaired) electrons. The Hall–Kier alpha value is -3.99. The third-order valence-corrected chi connectivity index (χ3v) is 8.33. The normalized spacial score (nSPS) is 16.3. The Morgan fingerprint density at radius 1 is 1.12 bits per heavy atom. The van der Waals surface area contributed by atoms with E-state index in [-0.39, 0.29) is 5.75 Å². The zero-order chi connectivity index (χ0) is 30.6. The van der Waals surface area contributed by atoms with Gasteiger partial charge in [0.15, 0.2) is 17.7 Å².